The lowest BCUT2D eigenvalue weighted by atomic mass is 10.1. The summed E-state index contributed by atoms with van der Waals surface area (Å²) in [6.45, 7) is 2.32. The van der Waals surface area contributed by atoms with Crippen LogP contribution in [0.3, 0.4) is 0 Å². The van der Waals surface area contributed by atoms with E-state index in [1.165, 1.54) is 0 Å². The number of aromatic nitrogens is 3. The van der Waals surface area contributed by atoms with Gasteiger partial charge in [0.1, 0.15) is 17.7 Å². The van der Waals surface area contributed by atoms with Crippen LogP contribution in [0.5, 0.6) is 5.75 Å². The number of amides is 1. The average Bonchev–Trinajstić information content (AvgIpc) is 3.29. The van der Waals surface area contributed by atoms with Crippen molar-refractivity contribution in [3.8, 4) is 5.75 Å². The molecule has 0 spiro atoms. The van der Waals surface area contributed by atoms with Gasteiger partial charge in [0, 0.05) is 31.4 Å². The van der Waals surface area contributed by atoms with E-state index in [1.807, 2.05) is 48.1 Å². The lowest BCUT2D eigenvalue weighted by molar-refractivity contribution is -0.128. The van der Waals surface area contributed by atoms with E-state index in [2.05, 4.69) is 15.3 Å². The zero-order valence-corrected chi connectivity index (χ0v) is 15.3. The number of hydrogen-bond acceptors (Lipinski definition) is 5. The molecule has 2 aromatic heterocycles. The van der Waals surface area contributed by atoms with Crippen LogP contribution in [0.1, 0.15) is 25.3 Å². The summed E-state index contributed by atoms with van der Waals surface area (Å²) in [5.41, 5.74) is 0.892. The molecule has 3 aromatic rings. The third-order valence-electron chi connectivity index (χ3n) is 4.78. The summed E-state index contributed by atoms with van der Waals surface area (Å²) >= 11 is 0. The van der Waals surface area contributed by atoms with Crippen molar-refractivity contribution in [2.45, 2.75) is 31.6 Å². The Labute approximate surface area is 157 Å². The van der Waals surface area contributed by atoms with Crippen molar-refractivity contribution >= 4 is 16.8 Å². The topological polar surface area (TPSA) is 78.3 Å². The maximum absolute atomic E-state index is 12.6. The molecule has 1 aliphatic heterocycles. The molecule has 4 rings (SSSR count). The third kappa shape index (κ3) is 3.64. The van der Waals surface area contributed by atoms with Gasteiger partial charge in [0.15, 0.2) is 6.10 Å². The maximum atomic E-state index is 12.6. The number of nitrogens with one attached hydrogen (secondary N) is 1. The zero-order chi connectivity index (χ0) is 18.8. The molecule has 0 aliphatic carbocycles. The molecule has 1 amide bonds. The molecule has 27 heavy (non-hydrogen) atoms. The van der Waals surface area contributed by atoms with Crippen molar-refractivity contribution in [2.75, 3.05) is 6.61 Å². The van der Waals surface area contributed by atoms with Crippen LogP contribution in [0.4, 0.5) is 0 Å². The highest BCUT2D eigenvalue weighted by Gasteiger charge is 2.34. The Hall–Kier alpha value is -2.93. The standard InChI is InChI=1S/C20H22N4O3/c1-13(27-15-11-14-5-3-4-6-16(14)22-12-15)20(25)23-17-7-10-26-18(17)19-21-8-9-24(19)2/h3-6,8-9,11-13,17-18H,7,10H2,1-2H3,(H,23,25)/t13-,17+,18+/m0/s1. The molecule has 1 aliphatic rings. The van der Waals surface area contributed by atoms with Crippen LogP contribution in [0.25, 0.3) is 10.9 Å². The molecule has 1 saturated heterocycles. The summed E-state index contributed by atoms with van der Waals surface area (Å²) in [6.07, 6.45) is 5.09. The van der Waals surface area contributed by atoms with Gasteiger partial charge in [0.2, 0.25) is 0 Å². The number of para-hydroxylation sites is 1. The molecule has 7 nitrogen and oxygen atoms in total. The number of imidazole rings is 1. The van der Waals surface area contributed by atoms with Crippen molar-refractivity contribution in [2.24, 2.45) is 7.05 Å². The second-order valence-corrected chi connectivity index (χ2v) is 6.72. The highest BCUT2D eigenvalue weighted by atomic mass is 16.5. The van der Waals surface area contributed by atoms with E-state index in [9.17, 15) is 4.79 Å². The lowest BCUT2D eigenvalue weighted by Crippen LogP contribution is -2.44. The molecule has 3 atom stereocenters. The van der Waals surface area contributed by atoms with E-state index in [4.69, 9.17) is 9.47 Å². The quantitative estimate of drug-likeness (QED) is 0.750. The Morgan fingerprint density at radius 1 is 1.37 bits per heavy atom. The van der Waals surface area contributed by atoms with Crippen molar-refractivity contribution < 1.29 is 14.3 Å². The molecule has 0 unspecified atom stereocenters. The molecular formula is C20H22N4O3. The van der Waals surface area contributed by atoms with Gasteiger partial charge in [-0.2, -0.15) is 0 Å². The Kier molecular flexibility index (Phi) is 4.77. The normalized spacial score (nSPS) is 20.5. The first-order valence-corrected chi connectivity index (χ1v) is 9.02. The molecule has 1 aromatic carbocycles. The first-order valence-electron chi connectivity index (χ1n) is 9.02. The largest absolute Gasteiger partial charge is 0.479 e. The van der Waals surface area contributed by atoms with Gasteiger partial charge in [-0.1, -0.05) is 18.2 Å². The number of rotatable bonds is 5. The van der Waals surface area contributed by atoms with Crippen molar-refractivity contribution in [3.05, 3.63) is 54.7 Å². The summed E-state index contributed by atoms with van der Waals surface area (Å²) in [6, 6.07) is 9.55. The highest BCUT2D eigenvalue weighted by molar-refractivity contribution is 5.82. The maximum Gasteiger partial charge on any atom is 0.261 e. The summed E-state index contributed by atoms with van der Waals surface area (Å²) < 4.78 is 13.5. The van der Waals surface area contributed by atoms with E-state index in [0.717, 1.165) is 23.1 Å². The van der Waals surface area contributed by atoms with E-state index in [1.54, 1.807) is 19.3 Å². The fraction of sp³-hybridized carbons (Fsp3) is 0.350. The van der Waals surface area contributed by atoms with E-state index < -0.39 is 6.10 Å². The fourth-order valence-electron chi connectivity index (χ4n) is 3.32. The molecule has 140 valence electrons. The third-order valence-corrected chi connectivity index (χ3v) is 4.78. The number of carbonyl (C=O) groups is 1. The second kappa shape index (κ2) is 7.36. The Bertz CT molecular complexity index is 955. The van der Waals surface area contributed by atoms with Crippen LogP contribution in [-0.2, 0) is 16.6 Å². The number of ether oxygens (including phenoxy) is 2. The number of benzene rings is 1. The van der Waals surface area contributed by atoms with Gasteiger partial charge in [-0.05, 0) is 25.5 Å². The van der Waals surface area contributed by atoms with E-state index in [-0.39, 0.29) is 18.1 Å². The molecule has 7 heteroatoms. The fourth-order valence-corrected chi connectivity index (χ4v) is 3.32. The van der Waals surface area contributed by atoms with E-state index >= 15 is 0 Å². The first kappa shape index (κ1) is 17.5. The van der Waals surface area contributed by atoms with Crippen LogP contribution in [0, 0.1) is 0 Å². The van der Waals surface area contributed by atoms with Gasteiger partial charge in [-0.15, -0.1) is 0 Å². The molecule has 1 fully saturated rings. The van der Waals surface area contributed by atoms with Gasteiger partial charge in [0.05, 0.1) is 17.8 Å². The molecule has 0 bridgehead atoms. The smallest absolute Gasteiger partial charge is 0.261 e. The van der Waals surface area contributed by atoms with Crippen molar-refractivity contribution in [1.29, 1.82) is 0 Å². The minimum atomic E-state index is -0.643. The summed E-state index contributed by atoms with van der Waals surface area (Å²) in [7, 11) is 1.92. The van der Waals surface area contributed by atoms with Crippen LogP contribution in [0.2, 0.25) is 0 Å². The number of nitrogens with zero attached hydrogens (tertiary/aromatic N) is 3. The Morgan fingerprint density at radius 2 is 2.22 bits per heavy atom. The van der Waals surface area contributed by atoms with Gasteiger partial charge in [0.25, 0.3) is 5.91 Å². The van der Waals surface area contributed by atoms with Crippen LogP contribution < -0.4 is 10.1 Å². The second-order valence-electron chi connectivity index (χ2n) is 6.72. The molecule has 0 radical (unpaired) electrons. The first-order chi connectivity index (χ1) is 13.1. The van der Waals surface area contributed by atoms with Gasteiger partial charge in [-0.3, -0.25) is 9.78 Å². The number of pyridine rings is 1. The van der Waals surface area contributed by atoms with E-state index in [0.29, 0.717) is 12.4 Å². The lowest BCUT2D eigenvalue weighted by Gasteiger charge is -2.22. The number of fused-ring (bicyclic) bond motifs is 1. The molecule has 1 N–H and O–H groups in total. The van der Waals surface area contributed by atoms with Gasteiger partial charge in [-0.25, -0.2) is 4.98 Å². The minimum Gasteiger partial charge on any atom is -0.479 e. The molecule has 0 saturated carbocycles. The summed E-state index contributed by atoms with van der Waals surface area (Å²) in [4.78, 5) is 21.3. The van der Waals surface area contributed by atoms with Crippen molar-refractivity contribution in [3.63, 3.8) is 0 Å². The Morgan fingerprint density at radius 3 is 3.04 bits per heavy atom. The summed E-state index contributed by atoms with van der Waals surface area (Å²) in [5.74, 6) is 1.20. The predicted molar refractivity (Wildman–Crippen MR) is 100 cm³/mol. The minimum absolute atomic E-state index is 0.126. The number of hydrogen-bond donors (Lipinski definition) is 1. The number of carbonyl (C=O) groups excluding carboxylic acids is 1. The molecule has 3 heterocycles. The average molecular weight is 366 g/mol. The number of aryl methyl sites for hydroxylation is 1. The SMILES string of the molecule is C[C@H](Oc1cnc2ccccc2c1)C(=O)N[C@@H]1CCO[C@H]1c1nccn1C. The van der Waals surface area contributed by atoms with Gasteiger partial charge < -0.3 is 19.4 Å². The molecular weight excluding hydrogens is 344 g/mol. The van der Waals surface area contributed by atoms with Crippen LogP contribution >= 0.6 is 0 Å². The van der Waals surface area contributed by atoms with Crippen LogP contribution in [0.15, 0.2) is 48.9 Å². The highest BCUT2D eigenvalue weighted by Crippen LogP contribution is 2.28. The Balaban J connectivity index is 1.42. The monoisotopic (exact) mass is 366 g/mol. The van der Waals surface area contributed by atoms with Crippen LogP contribution in [-0.4, -0.2) is 39.2 Å². The summed E-state index contributed by atoms with van der Waals surface area (Å²) in [5, 5.41) is 4.01. The van der Waals surface area contributed by atoms with Crippen molar-refractivity contribution in [1.82, 2.24) is 19.9 Å². The van der Waals surface area contributed by atoms with Gasteiger partial charge >= 0.3 is 0 Å². The predicted octanol–water partition coefficient (Wildman–Crippen LogP) is 2.38. The zero-order valence-electron chi connectivity index (χ0n) is 15.3.